The van der Waals surface area contributed by atoms with Crippen molar-refractivity contribution in [3.05, 3.63) is 94.3 Å². The summed E-state index contributed by atoms with van der Waals surface area (Å²) in [5, 5.41) is 26.2. The average Bonchev–Trinajstić information content (AvgIpc) is 3.66. The third-order valence-electron chi connectivity index (χ3n) is 12.9. The van der Waals surface area contributed by atoms with Crippen LogP contribution in [0.5, 0.6) is 5.75 Å². The fourth-order valence-corrected chi connectivity index (χ4v) is 11.0. The van der Waals surface area contributed by atoms with Crippen molar-refractivity contribution in [3.8, 4) is 5.75 Å². The number of aromatic nitrogens is 2. The number of halogens is 1. The molecule has 1 spiro atoms. The van der Waals surface area contributed by atoms with Gasteiger partial charge >= 0.3 is 0 Å². The number of aromatic amines is 1. The number of piperidine rings is 1. The number of aliphatic hydroxyl groups is 1. The number of carbonyl (C=O) groups is 1. The molecule has 9 rings (SSSR count). The second kappa shape index (κ2) is 13.1. The number of allylic oxidation sites excluding steroid dienone is 3. The Morgan fingerprint density at radius 3 is 2.67 bits per heavy atom. The SMILES string of the molecule is O=C1CC[C@H]2C[C@]34CN5CCCC/C=C\CC[C@](O)(C=C(c6nccc7c6[nH]c6c(O)cccc67)[C@@H]3CC5)[C@@H]4N2CC/C1=C/c1ccc(Br)cc1. The highest BCUT2D eigenvalue weighted by atomic mass is 79.9. The number of aromatic hydroxyl groups is 1. The third-order valence-corrected chi connectivity index (χ3v) is 13.4. The number of phenols is 1. The van der Waals surface area contributed by atoms with Crippen molar-refractivity contribution in [1.82, 2.24) is 19.8 Å². The predicted molar refractivity (Wildman–Crippen MR) is 207 cm³/mol. The van der Waals surface area contributed by atoms with Gasteiger partial charge in [-0.1, -0.05) is 52.3 Å². The molecule has 4 aliphatic heterocycles. The van der Waals surface area contributed by atoms with Crippen LogP contribution in [0.4, 0.5) is 0 Å². The zero-order chi connectivity index (χ0) is 34.7. The number of nitrogens with zero attached hydrogens (tertiary/aromatic N) is 3. The van der Waals surface area contributed by atoms with Crippen LogP contribution in [0, 0.1) is 11.3 Å². The molecular formula is C43H47BrN4O3. The first-order chi connectivity index (χ1) is 24.8. The largest absolute Gasteiger partial charge is 0.506 e. The Labute approximate surface area is 308 Å². The molecule has 3 N–H and O–H groups in total. The van der Waals surface area contributed by atoms with Gasteiger partial charge < -0.3 is 20.1 Å². The molecule has 3 fully saturated rings. The summed E-state index contributed by atoms with van der Waals surface area (Å²) in [7, 11) is 0. The van der Waals surface area contributed by atoms with Crippen LogP contribution in [0.15, 0.2) is 83.0 Å². The van der Waals surface area contributed by atoms with Gasteiger partial charge in [-0.2, -0.15) is 0 Å². The van der Waals surface area contributed by atoms with Crippen molar-refractivity contribution in [2.24, 2.45) is 11.3 Å². The first-order valence-electron chi connectivity index (χ1n) is 19.0. The normalized spacial score (nSPS) is 33.1. The first-order valence-corrected chi connectivity index (χ1v) is 19.8. The number of para-hydroxylation sites is 1. The highest BCUT2D eigenvalue weighted by molar-refractivity contribution is 9.10. The highest BCUT2D eigenvalue weighted by Crippen LogP contribution is 2.62. The van der Waals surface area contributed by atoms with Crippen LogP contribution >= 0.6 is 15.9 Å². The topological polar surface area (TPSA) is 92.7 Å². The van der Waals surface area contributed by atoms with Gasteiger partial charge in [-0.3, -0.25) is 14.7 Å². The zero-order valence-electron chi connectivity index (χ0n) is 29.2. The molecule has 2 aromatic heterocycles. The summed E-state index contributed by atoms with van der Waals surface area (Å²) in [4.78, 5) is 27.7. The Morgan fingerprint density at radius 2 is 1.78 bits per heavy atom. The van der Waals surface area contributed by atoms with Gasteiger partial charge in [0.1, 0.15) is 5.75 Å². The van der Waals surface area contributed by atoms with E-state index in [1.807, 2.05) is 30.5 Å². The minimum absolute atomic E-state index is 0.0613. The van der Waals surface area contributed by atoms with Crippen molar-refractivity contribution in [2.45, 2.75) is 81.9 Å². The van der Waals surface area contributed by atoms with E-state index in [1.54, 1.807) is 6.07 Å². The molecule has 0 radical (unpaired) electrons. The molecule has 6 atom stereocenters. The van der Waals surface area contributed by atoms with E-state index < -0.39 is 5.60 Å². The fourth-order valence-electron chi connectivity index (χ4n) is 10.8. The maximum atomic E-state index is 13.7. The van der Waals surface area contributed by atoms with Gasteiger partial charge in [0, 0.05) is 58.5 Å². The van der Waals surface area contributed by atoms with Gasteiger partial charge in [-0.05, 0) is 130 Å². The van der Waals surface area contributed by atoms with Crippen LogP contribution in [0.3, 0.4) is 0 Å². The Bertz CT molecular complexity index is 2080. The lowest BCUT2D eigenvalue weighted by Crippen LogP contribution is -2.65. The van der Waals surface area contributed by atoms with E-state index in [0.717, 1.165) is 107 Å². The maximum absolute atomic E-state index is 13.7. The van der Waals surface area contributed by atoms with Gasteiger partial charge in [-0.25, -0.2) is 0 Å². The standard InChI is InChI=1S/C43H47BrN4O3/c44-30-12-10-28(11-13-30)24-29-17-23-48-31(14-15-36(29)49)25-42-27-47-21-6-4-2-1-3-5-19-43(51,41(42)48)26-34(35(42)18-22-47)39-40-33(16-20-45-39)32-8-7-9-37(50)38(32)46-40/h1,3,7-13,16,20,24,26,31,35,41,46,50-51H,2,4-6,14-15,17-19,21-23,25,27H2/b3-1-,29-24-/t31-,35-,41+,42-,43-/m0/s1. The number of rotatable bonds is 2. The summed E-state index contributed by atoms with van der Waals surface area (Å²) < 4.78 is 1.03. The van der Waals surface area contributed by atoms with Crippen LogP contribution in [0.2, 0.25) is 0 Å². The number of hydrogen-bond acceptors (Lipinski definition) is 6. The van der Waals surface area contributed by atoms with Crippen molar-refractivity contribution in [2.75, 3.05) is 26.2 Å². The van der Waals surface area contributed by atoms with Crippen LogP contribution in [-0.4, -0.2) is 79.6 Å². The summed E-state index contributed by atoms with van der Waals surface area (Å²) >= 11 is 3.54. The number of H-pyrrole nitrogens is 1. The summed E-state index contributed by atoms with van der Waals surface area (Å²) in [6, 6.07) is 16.1. The monoisotopic (exact) mass is 746 g/mol. The lowest BCUT2D eigenvalue weighted by Gasteiger charge is -2.58. The Morgan fingerprint density at radius 1 is 0.941 bits per heavy atom. The lowest BCUT2D eigenvalue weighted by molar-refractivity contribution is -0.116. The number of Topliss-reactive ketones (excluding diaryl/α,β-unsaturated/α-hetero) is 1. The van der Waals surface area contributed by atoms with Crippen LogP contribution in [0.1, 0.15) is 75.5 Å². The molecule has 3 saturated heterocycles. The average molecular weight is 748 g/mol. The van der Waals surface area contributed by atoms with E-state index in [0.29, 0.717) is 19.3 Å². The molecular weight excluding hydrogens is 700 g/mol. The maximum Gasteiger partial charge on any atom is 0.158 e. The van der Waals surface area contributed by atoms with Crippen molar-refractivity contribution in [3.63, 3.8) is 0 Å². The molecule has 2 aromatic carbocycles. The second-order valence-electron chi connectivity index (χ2n) is 15.8. The van der Waals surface area contributed by atoms with Gasteiger partial charge in [0.15, 0.2) is 5.78 Å². The number of fused-ring (bicyclic) bond motifs is 5. The molecule has 0 saturated carbocycles. The molecule has 51 heavy (non-hydrogen) atoms. The van der Waals surface area contributed by atoms with Gasteiger partial charge in [0.2, 0.25) is 0 Å². The van der Waals surface area contributed by atoms with E-state index in [2.05, 4.69) is 73.2 Å². The molecule has 6 heterocycles. The van der Waals surface area contributed by atoms with E-state index in [9.17, 15) is 15.0 Å². The quantitative estimate of drug-likeness (QED) is 0.141. The Hall–Kier alpha value is -3.56. The first kappa shape index (κ1) is 33.3. The number of hydrogen-bond donors (Lipinski definition) is 3. The molecule has 1 aliphatic carbocycles. The molecule has 1 unspecified atom stereocenters. The predicted octanol–water partition coefficient (Wildman–Crippen LogP) is 8.42. The molecule has 8 heteroatoms. The van der Waals surface area contributed by atoms with E-state index in [-0.39, 0.29) is 34.9 Å². The van der Waals surface area contributed by atoms with Gasteiger partial charge in [0.25, 0.3) is 0 Å². The number of pyridine rings is 1. The molecule has 5 aliphatic rings. The number of ketones is 1. The number of phenolic OH excluding ortho intramolecular Hbond substituents is 1. The van der Waals surface area contributed by atoms with Crippen molar-refractivity contribution >= 4 is 55.2 Å². The zero-order valence-corrected chi connectivity index (χ0v) is 30.7. The third kappa shape index (κ3) is 5.74. The second-order valence-corrected chi connectivity index (χ2v) is 16.7. The Balaban J connectivity index is 1.19. The summed E-state index contributed by atoms with van der Waals surface area (Å²) in [5.74, 6) is 0.694. The minimum atomic E-state index is -1.08. The molecule has 264 valence electrons. The number of nitrogens with one attached hydrogen (secondary N) is 1. The number of benzene rings is 2. The van der Waals surface area contributed by atoms with Crippen molar-refractivity contribution in [1.29, 1.82) is 0 Å². The summed E-state index contributed by atoms with van der Waals surface area (Å²) in [6.07, 6.45) is 19.7. The van der Waals surface area contributed by atoms with Crippen LogP contribution < -0.4 is 0 Å². The smallest absolute Gasteiger partial charge is 0.158 e. The van der Waals surface area contributed by atoms with Crippen LogP contribution in [-0.2, 0) is 4.79 Å². The molecule has 7 nitrogen and oxygen atoms in total. The highest BCUT2D eigenvalue weighted by Gasteiger charge is 2.66. The fraction of sp³-hybridized carbons (Fsp3) is 0.442. The van der Waals surface area contributed by atoms with Crippen molar-refractivity contribution < 1.29 is 15.0 Å². The van der Waals surface area contributed by atoms with Gasteiger partial charge in [0.05, 0.1) is 22.3 Å². The molecule has 3 bridgehead atoms. The van der Waals surface area contributed by atoms with E-state index >= 15 is 0 Å². The summed E-state index contributed by atoms with van der Waals surface area (Å²) in [6.45, 7) is 3.80. The van der Waals surface area contributed by atoms with E-state index in [1.165, 1.54) is 12.8 Å². The molecule has 4 aromatic rings. The molecule has 0 amide bonds. The lowest BCUT2D eigenvalue weighted by atomic mass is 9.54. The Kier molecular flexibility index (Phi) is 8.57. The number of carbonyl (C=O) groups excluding carboxylic acids is 1. The van der Waals surface area contributed by atoms with E-state index in [4.69, 9.17) is 4.98 Å². The summed E-state index contributed by atoms with van der Waals surface area (Å²) in [5.41, 5.74) is 4.35. The minimum Gasteiger partial charge on any atom is -0.506 e. The van der Waals surface area contributed by atoms with Crippen LogP contribution in [0.25, 0.3) is 33.5 Å². The van der Waals surface area contributed by atoms with Gasteiger partial charge in [-0.15, -0.1) is 0 Å².